The van der Waals surface area contributed by atoms with Crippen LogP contribution >= 0.6 is 12.6 Å². The van der Waals surface area contributed by atoms with Crippen LogP contribution < -0.4 is 5.32 Å². The number of hydrogen-bond acceptors (Lipinski definition) is 4. The molecule has 0 aromatic rings. The van der Waals surface area contributed by atoms with E-state index in [0.717, 1.165) is 0 Å². The summed E-state index contributed by atoms with van der Waals surface area (Å²) in [5.41, 5.74) is 0. The average Bonchev–Trinajstić information content (AvgIpc) is 2.13. The molecule has 4 nitrogen and oxygen atoms in total. The lowest BCUT2D eigenvalue weighted by molar-refractivity contribution is 0.0460. The minimum atomic E-state index is -1.24. The molecule has 0 aromatic heterocycles. The molecule has 0 radical (unpaired) electrons. The van der Waals surface area contributed by atoms with Crippen molar-refractivity contribution in [2.45, 2.75) is 17.9 Å². The third kappa shape index (κ3) is 2.07. The van der Waals surface area contributed by atoms with Gasteiger partial charge in [0.05, 0.1) is 0 Å². The number of ether oxygens (including phenoxy) is 1. The van der Waals surface area contributed by atoms with Crippen LogP contribution in [0.15, 0.2) is 0 Å². The lowest BCUT2D eigenvalue weighted by Gasteiger charge is -2.06. The third-order valence-corrected chi connectivity index (χ3v) is 1.70. The van der Waals surface area contributed by atoms with Crippen molar-refractivity contribution < 1.29 is 14.6 Å². The van der Waals surface area contributed by atoms with E-state index in [4.69, 9.17) is 5.11 Å². The maximum Gasteiger partial charge on any atom is 0.507 e. The first-order valence-corrected chi connectivity index (χ1v) is 3.51. The van der Waals surface area contributed by atoms with Gasteiger partial charge in [0, 0.05) is 18.2 Å². The van der Waals surface area contributed by atoms with E-state index in [1.807, 2.05) is 0 Å². The van der Waals surface area contributed by atoms with E-state index >= 15 is 0 Å². The molecule has 0 spiro atoms. The Balaban J connectivity index is 2.24. The van der Waals surface area contributed by atoms with E-state index in [2.05, 4.69) is 22.7 Å². The molecule has 0 saturated carbocycles. The number of hydrogen-bond donors (Lipinski definition) is 3. The number of carboxylic acid groups (broad SMARTS) is 1. The molecule has 5 heteroatoms. The van der Waals surface area contributed by atoms with E-state index in [-0.39, 0.29) is 11.5 Å². The Kier molecular flexibility index (Phi) is 2.39. The quantitative estimate of drug-likeness (QED) is 0.384. The van der Waals surface area contributed by atoms with Gasteiger partial charge in [0.2, 0.25) is 0 Å². The molecule has 0 aromatic carbocycles. The van der Waals surface area contributed by atoms with Crippen molar-refractivity contribution >= 4 is 18.8 Å². The first-order valence-electron chi connectivity index (χ1n) is 2.99. The fourth-order valence-electron chi connectivity index (χ4n) is 0.893. The van der Waals surface area contributed by atoms with Crippen LogP contribution in [0.3, 0.4) is 0 Å². The van der Waals surface area contributed by atoms with Crippen molar-refractivity contribution in [3.63, 3.8) is 0 Å². The van der Waals surface area contributed by atoms with Gasteiger partial charge >= 0.3 is 6.16 Å². The van der Waals surface area contributed by atoms with E-state index in [0.29, 0.717) is 13.0 Å². The van der Waals surface area contributed by atoms with Gasteiger partial charge in [-0.25, -0.2) is 4.79 Å². The van der Waals surface area contributed by atoms with E-state index < -0.39 is 6.16 Å². The Labute approximate surface area is 64.0 Å². The predicted octanol–water partition coefficient (Wildman–Crippen LogP) is 0.299. The second kappa shape index (κ2) is 3.12. The molecule has 58 valence electrons. The van der Waals surface area contributed by atoms with E-state index in [1.165, 1.54) is 0 Å². The summed E-state index contributed by atoms with van der Waals surface area (Å²) in [6.45, 7) is 0.709. The van der Waals surface area contributed by atoms with Crippen LogP contribution in [-0.2, 0) is 4.74 Å². The topological polar surface area (TPSA) is 58.6 Å². The summed E-state index contributed by atoms with van der Waals surface area (Å²) in [4.78, 5) is 9.97. The molecule has 0 bridgehead atoms. The molecule has 1 saturated heterocycles. The largest absolute Gasteiger partial charge is 0.507 e. The Hall–Kier alpha value is -0.420. The molecular formula is C5H9NO3S. The van der Waals surface area contributed by atoms with Gasteiger partial charge in [-0.3, -0.25) is 5.32 Å². The van der Waals surface area contributed by atoms with Gasteiger partial charge in [-0.15, -0.1) is 0 Å². The second-order valence-corrected chi connectivity index (χ2v) is 2.90. The molecule has 1 heterocycles. The van der Waals surface area contributed by atoms with Gasteiger partial charge in [0.25, 0.3) is 0 Å². The SMILES string of the molecule is O=C(O)OC1CC(S)CN1. The molecule has 10 heavy (non-hydrogen) atoms. The van der Waals surface area contributed by atoms with Crippen LogP contribution in [-0.4, -0.2) is 29.3 Å². The van der Waals surface area contributed by atoms with Crippen LogP contribution in [0.25, 0.3) is 0 Å². The Morgan fingerprint density at radius 1 is 1.80 bits per heavy atom. The minimum absolute atomic E-state index is 0.212. The van der Waals surface area contributed by atoms with Crippen molar-refractivity contribution in [1.29, 1.82) is 0 Å². The number of nitrogens with one attached hydrogen (secondary N) is 1. The predicted molar refractivity (Wildman–Crippen MR) is 38.3 cm³/mol. The summed E-state index contributed by atoms with van der Waals surface area (Å²) in [5.74, 6) is 0. The number of thiol groups is 1. The Morgan fingerprint density at radius 2 is 2.50 bits per heavy atom. The normalized spacial score (nSPS) is 32.1. The Morgan fingerprint density at radius 3 is 2.90 bits per heavy atom. The highest BCUT2D eigenvalue weighted by molar-refractivity contribution is 7.81. The molecule has 2 N–H and O–H groups in total. The number of carbonyl (C=O) groups is 1. The van der Waals surface area contributed by atoms with E-state index in [9.17, 15) is 4.79 Å². The second-order valence-electron chi connectivity index (χ2n) is 2.17. The number of rotatable bonds is 1. The maximum atomic E-state index is 9.97. The average molecular weight is 163 g/mol. The molecule has 2 unspecified atom stereocenters. The highest BCUT2D eigenvalue weighted by atomic mass is 32.1. The fraction of sp³-hybridized carbons (Fsp3) is 0.800. The van der Waals surface area contributed by atoms with Crippen molar-refractivity contribution in [2.24, 2.45) is 0 Å². The van der Waals surface area contributed by atoms with Crippen LogP contribution in [0, 0.1) is 0 Å². The zero-order chi connectivity index (χ0) is 7.56. The van der Waals surface area contributed by atoms with Crippen LogP contribution in [0.2, 0.25) is 0 Å². The van der Waals surface area contributed by atoms with Crippen molar-refractivity contribution in [2.75, 3.05) is 6.54 Å². The first-order chi connectivity index (χ1) is 4.68. The molecule has 0 amide bonds. The molecule has 1 aliphatic rings. The smallest absolute Gasteiger partial charge is 0.450 e. The van der Waals surface area contributed by atoms with E-state index in [1.54, 1.807) is 0 Å². The maximum absolute atomic E-state index is 9.97. The fourth-order valence-corrected chi connectivity index (χ4v) is 1.19. The van der Waals surface area contributed by atoms with Crippen molar-refractivity contribution in [3.05, 3.63) is 0 Å². The van der Waals surface area contributed by atoms with Gasteiger partial charge in [-0.2, -0.15) is 12.6 Å². The zero-order valence-electron chi connectivity index (χ0n) is 5.28. The molecule has 1 fully saturated rings. The zero-order valence-corrected chi connectivity index (χ0v) is 6.17. The van der Waals surface area contributed by atoms with Crippen LogP contribution in [0.5, 0.6) is 0 Å². The van der Waals surface area contributed by atoms with Gasteiger partial charge in [0.15, 0.2) is 6.23 Å². The lowest BCUT2D eigenvalue weighted by Crippen LogP contribution is -2.26. The van der Waals surface area contributed by atoms with Gasteiger partial charge in [0.1, 0.15) is 0 Å². The van der Waals surface area contributed by atoms with Crippen molar-refractivity contribution in [1.82, 2.24) is 5.32 Å². The summed E-state index contributed by atoms with van der Waals surface area (Å²) < 4.78 is 4.44. The summed E-state index contributed by atoms with van der Waals surface area (Å²) in [5, 5.41) is 11.2. The highest BCUT2D eigenvalue weighted by Gasteiger charge is 2.23. The van der Waals surface area contributed by atoms with Gasteiger partial charge in [-0.05, 0) is 0 Å². The highest BCUT2D eigenvalue weighted by Crippen LogP contribution is 2.12. The van der Waals surface area contributed by atoms with Crippen LogP contribution in [0.4, 0.5) is 4.79 Å². The van der Waals surface area contributed by atoms with Crippen molar-refractivity contribution in [3.8, 4) is 0 Å². The monoisotopic (exact) mass is 163 g/mol. The molecule has 2 atom stereocenters. The lowest BCUT2D eigenvalue weighted by atomic mass is 10.3. The third-order valence-electron chi connectivity index (χ3n) is 1.31. The summed E-state index contributed by atoms with van der Waals surface area (Å²) in [7, 11) is 0. The first kappa shape index (κ1) is 7.68. The summed E-state index contributed by atoms with van der Waals surface area (Å²) in [6.07, 6.45) is -0.949. The standard InChI is InChI=1S/C5H9NO3S/c7-5(8)9-4-1-3(10)2-6-4/h3-4,6,10H,1-2H2,(H,7,8). The molecule has 1 rings (SSSR count). The molecule has 0 aliphatic carbocycles. The molecular weight excluding hydrogens is 154 g/mol. The van der Waals surface area contributed by atoms with Gasteiger partial charge in [-0.1, -0.05) is 0 Å². The minimum Gasteiger partial charge on any atom is -0.450 e. The van der Waals surface area contributed by atoms with Gasteiger partial charge < -0.3 is 9.84 Å². The summed E-state index contributed by atoms with van der Waals surface area (Å²) in [6, 6.07) is 0. The summed E-state index contributed by atoms with van der Waals surface area (Å²) >= 11 is 4.14. The van der Waals surface area contributed by atoms with Crippen LogP contribution in [0.1, 0.15) is 6.42 Å². The Bertz CT molecular complexity index is 141. The molecule has 1 aliphatic heterocycles.